The van der Waals surface area contributed by atoms with Gasteiger partial charge in [-0.2, -0.15) is 13.2 Å². The van der Waals surface area contributed by atoms with Crippen molar-refractivity contribution in [2.75, 3.05) is 19.7 Å². The second-order valence-electron chi connectivity index (χ2n) is 3.48. The number of hydrogen-bond donors (Lipinski definition) is 1. The zero-order chi connectivity index (χ0) is 12.9. The van der Waals surface area contributed by atoms with Gasteiger partial charge in [0.2, 0.25) is 0 Å². The molecule has 0 aliphatic carbocycles. The van der Waals surface area contributed by atoms with Crippen LogP contribution in [0.4, 0.5) is 18.0 Å². The molecule has 2 amide bonds. The molecule has 98 valence electrons. The average Bonchev–Trinajstić information content (AvgIpc) is 2.23. The third kappa shape index (κ3) is 5.78. The fourth-order valence-electron chi connectivity index (χ4n) is 1.22. The Bertz CT molecular complexity index is 307. The lowest BCUT2D eigenvalue weighted by Crippen LogP contribution is -2.42. The molecule has 0 spiro atoms. The number of carbonyl (C=O) groups is 1. The van der Waals surface area contributed by atoms with Crippen LogP contribution in [-0.4, -0.2) is 36.8 Å². The Hall–Kier alpha value is -0.950. The number of amides is 2. The fraction of sp³-hybridized carbons (Fsp3) is 0.667. The van der Waals surface area contributed by atoms with Crippen molar-refractivity contribution < 1.29 is 22.8 Å². The molecule has 0 saturated carbocycles. The predicted octanol–water partition coefficient (Wildman–Crippen LogP) is 2.41. The van der Waals surface area contributed by atoms with E-state index in [2.05, 4.69) is 4.84 Å². The Labute approximate surface area is 101 Å². The van der Waals surface area contributed by atoms with Crippen LogP contribution in [0.1, 0.15) is 12.8 Å². The molecule has 0 bridgehead atoms. The minimum Gasteiger partial charge on any atom is -0.318 e. The van der Waals surface area contributed by atoms with Gasteiger partial charge in [-0.25, -0.2) is 10.3 Å². The maximum atomic E-state index is 11.8. The van der Waals surface area contributed by atoms with E-state index in [1.807, 2.05) is 5.48 Å². The summed E-state index contributed by atoms with van der Waals surface area (Å²) in [6.07, 6.45) is -2.99. The van der Waals surface area contributed by atoms with E-state index in [-0.39, 0.29) is 6.54 Å². The van der Waals surface area contributed by atoms with E-state index in [0.717, 1.165) is 0 Å². The van der Waals surface area contributed by atoms with Crippen molar-refractivity contribution in [3.8, 4) is 0 Å². The van der Waals surface area contributed by atoms with Crippen molar-refractivity contribution in [3.63, 3.8) is 0 Å². The lowest BCUT2D eigenvalue weighted by atomic mass is 10.2. The minimum absolute atomic E-state index is 0.246. The van der Waals surface area contributed by atoms with Crippen LogP contribution >= 0.6 is 11.6 Å². The van der Waals surface area contributed by atoms with Crippen molar-refractivity contribution in [1.29, 1.82) is 0 Å². The maximum absolute atomic E-state index is 11.8. The molecule has 0 fully saturated rings. The summed E-state index contributed by atoms with van der Waals surface area (Å²) in [6.45, 7) is 0.105. The van der Waals surface area contributed by atoms with Gasteiger partial charge in [0.15, 0.2) is 0 Å². The number of urea groups is 1. The number of halogens is 4. The molecule has 0 aromatic heterocycles. The van der Waals surface area contributed by atoms with Crippen molar-refractivity contribution in [2.45, 2.75) is 19.0 Å². The standard InChI is InChI=1S/C9H12ClF3N2O2/c10-7-2-1-4-15(6-7)8(16)14-17-5-3-9(11,12)13/h2H,1,3-6H2,(H,14,16). The first kappa shape index (κ1) is 14.1. The molecule has 8 heteroatoms. The zero-order valence-electron chi connectivity index (χ0n) is 8.89. The van der Waals surface area contributed by atoms with E-state index in [9.17, 15) is 18.0 Å². The van der Waals surface area contributed by atoms with Crippen molar-refractivity contribution in [1.82, 2.24) is 10.4 Å². The smallest absolute Gasteiger partial charge is 0.318 e. The van der Waals surface area contributed by atoms with Crippen LogP contribution in [0.2, 0.25) is 0 Å². The molecule has 0 radical (unpaired) electrons. The third-order valence-electron chi connectivity index (χ3n) is 2.04. The van der Waals surface area contributed by atoms with Gasteiger partial charge in [0.1, 0.15) is 0 Å². The first-order valence-corrected chi connectivity index (χ1v) is 5.34. The molecule has 1 N–H and O–H groups in total. The van der Waals surface area contributed by atoms with E-state index in [1.165, 1.54) is 4.90 Å². The van der Waals surface area contributed by atoms with Crippen molar-refractivity contribution in [2.24, 2.45) is 0 Å². The molecule has 0 unspecified atom stereocenters. The number of alkyl halides is 3. The van der Waals surface area contributed by atoms with Gasteiger partial charge >= 0.3 is 12.2 Å². The number of carbonyl (C=O) groups excluding carboxylic acids is 1. The molecule has 0 saturated heterocycles. The van der Waals surface area contributed by atoms with Crippen LogP contribution in [-0.2, 0) is 4.84 Å². The highest BCUT2D eigenvalue weighted by Crippen LogP contribution is 2.18. The summed E-state index contributed by atoms with van der Waals surface area (Å²) in [5, 5.41) is 0.529. The molecule has 1 heterocycles. The summed E-state index contributed by atoms with van der Waals surface area (Å²) in [5.41, 5.74) is 1.95. The molecule has 0 atom stereocenters. The van der Waals surface area contributed by atoms with Crippen molar-refractivity contribution >= 4 is 17.6 Å². The fourth-order valence-corrected chi connectivity index (χ4v) is 1.47. The molecule has 1 aliphatic heterocycles. The van der Waals surface area contributed by atoms with E-state index in [1.54, 1.807) is 6.08 Å². The maximum Gasteiger partial charge on any atom is 0.391 e. The van der Waals surface area contributed by atoms with Crippen LogP contribution in [0.3, 0.4) is 0 Å². The topological polar surface area (TPSA) is 41.6 Å². The number of hydrogen-bond acceptors (Lipinski definition) is 2. The largest absolute Gasteiger partial charge is 0.391 e. The van der Waals surface area contributed by atoms with Crippen LogP contribution in [0, 0.1) is 0 Å². The SMILES string of the molecule is O=C(NOCCC(F)(F)F)N1CCC=C(Cl)C1. The lowest BCUT2D eigenvalue weighted by Gasteiger charge is -2.25. The first-order chi connectivity index (χ1) is 7.88. The van der Waals surface area contributed by atoms with Gasteiger partial charge in [-0.15, -0.1) is 0 Å². The summed E-state index contributed by atoms with van der Waals surface area (Å²) < 4.78 is 35.3. The molecule has 0 aromatic rings. The van der Waals surface area contributed by atoms with Gasteiger partial charge in [0.05, 0.1) is 19.6 Å². The summed E-state index contributed by atoms with van der Waals surface area (Å²) in [4.78, 5) is 17.2. The highest BCUT2D eigenvalue weighted by atomic mass is 35.5. The van der Waals surface area contributed by atoms with Crippen LogP contribution in [0.25, 0.3) is 0 Å². The summed E-state index contributed by atoms with van der Waals surface area (Å²) >= 11 is 5.73. The molecule has 1 rings (SSSR count). The second kappa shape index (κ2) is 6.11. The molecular formula is C9H12ClF3N2O2. The molecular weight excluding hydrogens is 261 g/mol. The summed E-state index contributed by atoms with van der Waals surface area (Å²) in [7, 11) is 0. The Kier molecular flexibility index (Phi) is 5.07. The molecule has 1 aliphatic rings. The Morgan fingerprint density at radius 1 is 1.59 bits per heavy atom. The normalized spacial score (nSPS) is 16.7. The number of nitrogens with zero attached hydrogens (tertiary/aromatic N) is 1. The highest BCUT2D eigenvalue weighted by Gasteiger charge is 2.27. The van der Waals surface area contributed by atoms with Crippen molar-refractivity contribution in [3.05, 3.63) is 11.1 Å². The number of nitrogens with one attached hydrogen (secondary N) is 1. The van der Waals surface area contributed by atoms with Gasteiger partial charge in [0.25, 0.3) is 0 Å². The monoisotopic (exact) mass is 272 g/mol. The van der Waals surface area contributed by atoms with Gasteiger partial charge in [0, 0.05) is 11.6 Å². The van der Waals surface area contributed by atoms with Gasteiger partial charge in [-0.05, 0) is 6.42 Å². The summed E-state index contributed by atoms with van der Waals surface area (Å²) in [6, 6.07) is -0.585. The highest BCUT2D eigenvalue weighted by molar-refractivity contribution is 6.30. The average molecular weight is 273 g/mol. The van der Waals surface area contributed by atoms with Crippen LogP contribution in [0.5, 0.6) is 0 Å². The first-order valence-electron chi connectivity index (χ1n) is 4.96. The summed E-state index contributed by atoms with van der Waals surface area (Å²) in [5.74, 6) is 0. The van der Waals surface area contributed by atoms with Crippen LogP contribution in [0.15, 0.2) is 11.1 Å². The quantitative estimate of drug-likeness (QED) is 0.633. The van der Waals surface area contributed by atoms with Crippen LogP contribution < -0.4 is 5.48 Å². The molecule has 0 aromatic carbocycles. The second-order valence-corrected chi connectivity index (χ2v) is 3.97. The number of rotatable bonds is 3. The van der Waals surface area contributed by atoms with Gasteiger partial charge < -0.3 is 4.90 Å². The van der Waals surface area contributed by atoms with Gasteiger partial charge in [-0.1, -0.05) is 17.7 Å². The Balaban J connectivity index is 2.19. The number of hydroxylamine groups is 1. The minimum atomic E-state index is -4.29. The van der Waals surface area contributed by atoms with E-state index >= 15 is 0 Å². The lowest BCUT2D eigenvalue weighted by molar-refractivity contribution is -0.149. The Morgan fingerprint density at radius 3 is 2.88 bits per heavy atom. The third-order valence-corrected chi connectivity index (χ3v) is 2.31. The van der Waals surface area contributed by atoms with E-state index < -0.39 is 25.2 Å². The molecule has 17 heavy (non-hydrogen) atoms. The van der Waals surface area contributed by atoms with E-state index in [4.69, 9.17) is 11.6 Å². The molecule has 4 nitrogen and oxygen atoms in total. The Morgan fingerprint density at radius 2 is 2.29 bits per heavy atom. The van der Waals surface area contributed by atoms with E-state index in [0.29, 0.717) is 18.0 Å². The zero-order valence-corrected chi connectivity index (χ0v) is 9.64. The predicted molar refractivity (Wildman–Crippen MR) is 55.3 cm³/mol. The van der Waals surface area contributed by atoms with Gasteiger partial charge in [-0.3, -0.25) is 4.84 Å².